The molecule has 1 aromatic heterocycles. The Morgan fingerprint density at radius 2 is 2.24 bits per heavy atom. The highest BCUT2D eigenvalue weighted by Gasteiger charge is 2.23. The van der Waals surface area contributed by atoms with Crippen LogP contribution in [0.1, 0.15) is 19.8 Å². The first-order valence-electron chi connectivity index (χ1n) is 6.01. The molecule has 2 heterocycles. The van der Waals surface area contributed by atoms with E-state index >= 15 is 0 Å². The third-order valence-corrected chi connectivity index (χ3v) is 4.42. The predicted octanol–water partition coefficient (Wildman–Crippen LogP) is 2.55. The van der Waals surface area contributed by atoms with Gasteiger partial charge in [-0.2, -0.15) is 5.26 Å². The van der Waals surface area contributed by atoms with Crippen molar-refractivity contribution in [2.24, 2.45) is 0 Å². The third-order valence-electron chi connectivity index (χ3n) is 3.14. The zero-order valence-corrected chi connectivity index (χ0v) is 10.9. The van der Waals surface area contributed by atoms with Gasteiger partial charge in [-0.1, -0.05) is 6.07 Å². The van der Waals surface area contributed by atoms with E-state index in [1.54, 1.807) is 0 Å². The molecule has 90 valence electrons. The second kappa shape index (κ2) is 6.04. The van der Waals surface area contributed by atoms with Crippen LogP contribution < -0.4 is 0 Å². The number of hydrogen-bond acceptors (Lipinski definition) is 4. The van der Waals surface area contributed by atoms with Gasteiger partial charge >= 0.3 is 0 Å². The van der Waals surface area contributed by atoms with Crippen LogP contribution in [0.5, 0.6) is 0 Å². The van der Waals surface area contributed by atoms with Crippen molar-refractivity contribution in [3.63, 3.8) is 0 Å². The first-order valence-corrected chi connectivity index (χ1v) is 6.89. The summed E-state index contributed by atoms with van der Waals surface area (Å²) in [4.78, 5) is 6.60. The fraction of sp³-hybridized carbons (Fsp3) is 0.538. The predicted molar refractivity (Wildman–Crippen MR) is 69.8 cm³/mol. The maximum absolute atomic E-state index is 8.88. The van der Waals surface area contributed by atoms with Gasteiger partial charge in [0, 0.05) is 24.5 Å². The van der Waals surface area contributed by atoms with Crippen LogP contribution in [0.15, 0.2) is 29.4 Å². The lowest BCUT2D eigenvalue weighted by Crippen LogP contribution is -2.40. The summed E-state index contributed by atoms with van der Waals surface area (Å²) < 4.78 is 0. The number of hydrogen-bond donors (Lipinski definition) is 0. The Hall–Kier alpha value is -1.05. The Balaban J connectivity index is 1.82. The van der Waals surface area contributed by atoms with E-state index in [2.05, 4.69) is 22.0 Å². The number of piperidine rings is 1. The number of aromatic nitrogens is 1. The molecule has 0 spiro atoms. The average molecular weight is 247 g/mol. The molecule has 0 bridgehead atoms. The van der Waals surface area contributed by atoms with Crippen LogP contribution in [0.3, 0.4) is 0 Å². The monoisotopic (exact) mass is 247 g/mol. The highest BCUT2D eigenvalue weighted by Crippen LogP contribution is 2.29. The summed E-state index contributed by atoms with van der Waals surface area (Å²) >= 11 is 1.87. The van der Waals surface area contributed by atoms with Gasteiger partial charge in [0.2, 0.25) is 0 Å². The molecule has 3 nitrogen and oxygen atoms in total. The molecule has 0 unspecified atom stereocenters. The van der Waals surface area contributed by atoms with Crippen LogP contribution in [-0.2, 0) is 0 Å². The topological polar surface area (TPSA) is 39.9 Å². The summed E-state index contributed by atoms with van der Waals surface area (Å²) in [6.45, 7) is 4.03. The maximum atomic E-state index is 8.88. The number of pyridine rings is 1. The molecule has 1 atom stereocenters. The van der Waals surface area contributed by atoms with Gasteiger partial charge in [-0.25, -0.2) is 4.98 Å². The highest BCUT2D eigenvalue weighted by atomic mass is 32.2. The van der Waals surface area contributed by atoms with Crippen molar-refractivity contribution in [1.82, 2.24) is 9.88 Å². The van der Waals surface area contributed by atoms with Crippen LogP contribution >= 0.6 is 11.8 Å². The quantitative estimate of drug-likeness (QED) is 0.823. The van der Waals surface area contributed by atoms with E-state index < -0.39 is 0 Å². The number of likely N-dealkylation sites (tertiary alicyclic amines) is 1. The fourth-order valence-corrected chi connectivity index (χ4v) is 3.12. The Kier molecular flexibility index (Phi) is 4.41. The molecule has 0 radical (unpaired) electrons. The molecule has 17 heavy (non-hydrogen) atoms. The first-order chi connectivity index (χ1) is 8.29. The lowest BCUT2D eigenvalue weighted by Gasteiger charge is -2.32. The lowest BCUT2D eigenvalue weighted by molar-refractivity contribution is 0.208. The number of thioether (sulfide) groups is 1. The smallest absolute Gasteiger partial charge is 0.0962 e. The van der Waals surface area contributed by atoms with E-state index in [0.717, 1.165) is 31.0 Å². The van der Waals surface area contributed by atoms with Gasteiger partial charge in [0.15, 0.2) is 0 Å². The van der Waals surface area contributed by atoms with Crippen LogP contribution in [-0.4, -0.2) is 34.3 Å². The second-order valence-corrected chi connectivity index (χ2v) is 5.65. The summed E-state index contributed by atoms with van der Waals surface area (Å²) in [6.07, 6.45) is 4.13. The van der Waals surface area contributed by atoms with Gasteiger partial charge in [0.25, 0.3) is 0 Å². The summed E-state index contributed by atoms with van der Waals surface area (Å²) in [5.74, 6) is 0. The van der Waals surface area contributed by atoms with E-state index in [0.29, 0.717) is 5.25 Å². The Labute approximate surface area is 107 Å². The summed E-state index contributed by atoms with van der Waals surface area (Å²) in [5, 5.41) is 10.6. The number of nitriles is 1. The van der Waals surface area contributed by atoms with Gasteiger partial charge in [-0.05, 0) is 31.9 Å². The Morgan fingerprint density at radius 3 is 2.82 bits per heavy atom. The van der Waals surface area contributed by atoms with E-state index in [9.17, 15) is 0 Å². The van der Waals surface area contributed by atoms with Gasteiger partial charge in [-0.3, -0.25) is 4.90 Å². The lowest BCUT2D eigenvalue weighted by atomic mass is 10.1. The molecule has 4 heteroatoms. The Morgan fingerprint density at radius 1 is 1.47 bits per heavy atom. The van der Waals surface area contributed by atoms with Crippen LogP contribution in [0, 0.1) is 11.3 Å². The normalized spacial score (nSPS) is 19.8. The van der Waals surface area contributed by atoms with Crippen molar-refractivity contribution in [3.05, 3.63) is 24.4 Å². The van der Waals surface area contributed by atoms with E-state index in [1.165, 1.54) is 0 Å². The molecule has 1 fully saturated rings. The molecular weight excluding hydrogens is 230 g/mol. The molecule has 0 saturated carbocycles. The molecule has 0 aliphatic carbocycles. The van der Waals surface area contributed by atoms with Crippen molar-refractivity contribution in [2.45, 2.75) is 36.1 Å². The molecule has 1 aromatic rings. The van der Waals surface area contributed by atoms with Crippen LogP contribution in [0.4, 0.5) is 0 Å². The minimum absolute atomic E-state index is 0.0517. The van der Waals surface area contributed by atoms with E-state index in [1.807, 2.05) is 37.0 Å². The summed E-state index contributed by atoms with van der Waals surface area (Å²) in [5.41, 5.74) is 0. The first kappa shape index (κ1) is 12.4. The maximum Gasteiger partial charge on any atom is 0.0962 e. The largest absolute Gasteiger partial charge is 0.288 e. The number of nitrogens with zero attached hydrogens (tertiary/aromatic N) is 3. The molecule has 0 aromatic carbocycles. The molecule has 0 N–H and O–H groups in total. The standard InChI is InChI=1S/C13H17N3S/c1-11(10-14)16-8-5-12(6-9-16)17-13-4-2-3-7-15-13/h2-4,7,11-12H,5-6,8-9H2,1H3/t11-/m0/s1. The van der Waals surface area contributed by atoms with Crippen molar-refractivity contribution in [1.29, 1.82) is 5.26 Å². The summed E-state index contributed by atoms with van der Waals surface area (Å²) in [7, 11) is 0. The molecular formula is C13H17N3S. The molecule has 1 saturated heterocycles. The molecule has 1 aliphatic heterocycles. The highest BCUT2D eigenvalue weighted by molar-refractivity contribution is 7.99. The zero-order valence-electron chi connectivity index (χ0n) is 10.0. The minimum Gasteiger partial charge on any atom is -0.288 e. The van der Waals surface area contributed by atoms with Crippen molar-refractivity contribution >= 4 is 11.8 Å². The molecule has 0 amide bonds. The third kappa shape index (κ3) is 3.45. The van der Waals surface area contributed by atoms with Crippen LogP contribution in [0.2, 0.25) is 0 Å². The van der Waals surface area contributed by atoms with E-state index in [4.69, 9.17) is 5.26 Å². The van der Waals surface area contributed by atoms with Gasteiger partial charge in [-0.15, -0.1) is 11.8 Å². The minimum atomic E-state index is 0.0517. The Bertz CT molecular complexity index is 379. The molecule has 1 aliphatic rings. The van der Waals surface area contributed by atoms with Crippen molar-refractivity contribution < 1.29 is 0 Å². The van der Waals surface area contributed by atoms with E-state index in [-0.39, 0.29) is 6.04 Å². The van der Waals surface area contributed by atoms with Crippen molar-refractivity contribution in [3.8, 4) is 6.07 Å². The molecule has 2 rings (SSSR count). The fourth-order valence-electron chi connectivity index (χ4n) is 2.05. The van der Waals surface area contributed by atoms with Gasteiger partial charge in [0.05, 0.1) is 17.1 Å². The van der Waals surface area contributed by atoms with Gasteiger partial charge in [0.1, 0.15) is 0 Å². The SMILES string of the molecule is C[C@@H](C#N)N1CCC(Sc2ccccn2)CC1. The van der Waals surface area contributed by atoms with Crippen LogP contribution in [0.25, 0.3) is 0 Å². The van der Waals surface area contributed by atoms with Gasteiger partial charge < -0.3 is 0 Å². The zero-order chi connectivity index (χ0) is 12.1. The van der Waals surface area contributed by atoms with Crippen molar-refractivity contribution in [2.75, 3.05) is 13.1 Å². The number of rotatable bonds is 3. The summed E-state index contributed by atoms with van der Waals surface area (Å²) in [6, 6.07) is 8.40. The average Bonchev–Trinajstić information content (AvgIpc) is 2.40. The second-order valence-electron chi connectivity index (χ2n) is 4.33.